The van der Waals surface area contributed by atoms with Gasteiger partial charge in [0.2, 0.25) is 0 Å². The number of rotatable bonds is 2. The zero-order valence-corrected chi connectivity index (χ0v) is 13.2. The number of nitrogens with two attached hydrogens (primary N) is 1. The molecule has 0 atom stereocenters. The van der Waals surface area contributed by atoms with Crippen molar-refractivity contribution in [3.8, 4) is 16.9 Å². The van der Waals surface area contributed by atoms with Crippen LogP contribution in [0.2, 0.25) is 0 Å². The van der Waals surface area contributed by atoms with Gasteiger partial charge in [0.25, 0.3) is 0 Å². The van der Waals surface area contributed by atoms with Gasteiger partial charge in [-0.2, -0.15) is 0 Å². The van der Waals surface area contributed by atoms with Gasteiger partial charge in [-0.25, -0.2) is 4.39 Å². The molecule has 4 aromatic rings. The molecule has 4 rings (SSSR count). The van der Waals surface area contributed by atoms with E-state index in [1.165, 1.54) is 12.1 Å². The second kappa shape index (κ2) is 5.19. The molecule has 0 unspecified atom stereocenters. The van der Waals surface area contributed by atoms with E-state index in [9.17, 15) is 4.39 Å². The van der Waals surface area contributed by atoms with Crippen molar-refractivity contribution in [2.24, 2.45) is 0 Å². The first-order valence-electron chi connectivity index (χ1n) is 7.47. The van der Waals surface area contributed by atoms with Crippen molar-refractivity contribution >= 4 is 22.2 Å². The Kier molecular flexibility index (Phi) is 3.13. The molecule has 5 nitrogen and oxygen atoms in total. The fraction of sp³-hybridized carbons (Fsp3) is 0.111. The van der Waals surface area contributed by atoms with Crippen LogP contribution in [0.4, 0.5) is 10.1 Å². The molecule has 120 valence electrons. The van der Waals surface area contributed by atoms with Gasteiger partial charge in [-0.3, -0.25) is 4.40 Å². The van der Waals surface area contributed by atoms with Gasteiger partial charge in [-0.15, -0.1) is 10.2 Å². The maximum absolute atomic E-state index is 13.3. The number of pyridine rings is 1. The van der Waals surface area contributed by atoms with E-state index in [-0.39, 0.29) is 5.82 Å². The minimum Gasteiger partial charge on any atom is -0.497 e. The van der Waals surface area contributed by atoms with Gasteiger partial charge in [0.15, 0.2) is 5.65 Å². The van der Waals surface area contributed by atoms with Gasteiger partial charge in [-0.1, -0.05) is 12.1 Å². The van der Waals surface area contributed by atoms with Crippen LogP contribution in [-0.2, 0) is 0 Å². The van der Waals surface area contributed by atoms with E-state index in [1.54, 1.807) is 19.2 Å². The van der Waals surface area contributed by atoms with Crippen LogP contribution in [0.25, 0.3) is 27.7 Å². The molecule has 0 bridgehead atoms. The standard InChI is InChI=1S/C18H15FN4O/c1-10-21-22-18-17(20)16(11-3-5-12(19)6-4-11)14-9-13(24-2)7-8-15(14)23(10)18/h3-9H,20H2,1-2H3. The van der Waals surface area contributed by atoms with E-state index in [0.717, 1.165) is 33.6 Å². The zero-order chi connectivity index (χ0) is 16.8. The summed E-state index contributed by atoms with van der Waals surface area (Å²) in [6.45, 7) is 1.88. The van der Waals surface area contributed by atoms with Crippen LogP contribution >= 0.6 is 0 Å². The molecule has 2 N–H and O–H groups in total. The highest BCUT2D eigenvalue weighted by atomic mass is 19.1. The molecule has 0 saturated heterocycles. The van der Waals surface area contributed by atoms with Gasteiger partial charge in [0, 0.05) is 10.9 Å². The van der Waals surface area contributed by atoms with E-state index in [1.807, 2.05) is 29.5 Å². The summed E-state index contributed by atoms with van der Waals surface area (Å²) in [5.74, 6) is 1.17. The summed E-state index contributed by atoms with van der Waals surface area (Å²) in [5.41, 5.74) is 10.0. The Hall–Kier alpha value is -3.15. The number of anilines is 1. The molecule has 24 heavy (non-hydrogen) atoms. The molecule has 2 aromatic heterocycles. The quantitative estimate of drug-likeness (QED) is 0.612. The van der Waals surface area contributed by atoms with Crippen LogP contribution in [0.15, 0.2) is 42.5 Å². The number of hydrogen-bond acceptors (Lipinski definition) is 4. The molecule has 2 aromatic carbocycles. The zero-order valence-electron chi connectivity index (χ0n) is 13.2. The van der Waals surface area contributed by atoms with Gasteiger partial charge in [0.1, 0.15) is 17.4 Å². The fourth-order valence-corrected chi connectivity index (χ4v) is 3.05. The summed E-state index contributed by atoms with van der Waals surface area (Å²) in [4.78, 5) is 0. The number of aryl methyl sites for hydroxylation is 1. The Morgan fingerprint density at radius 3 is 2.54 bits per heavy atom. The lowest BCUT2D eigenvalue weighted by atomic mass is 9.99. The number of nitrogens with zero attached hydrogens (tertiary/aromatic N) is 3. The van der Waals surface area contributed by atoms with Crippen LogP contribution in [0.1, 0.15) is 5.82 Å². The SMILES string of the molecule is COc1ccc2c(c1)c(-c1ccc(F)cc1)c(N)c1nnc(C)n12. The van der Waals surface area contributed by atoms with E-state index in [2.05, 4.69) is 10.2 Å². The lowest BCUT2D eigenvalue weighted by Crippen LogP contribution is -2.01. The Morgan fingerprint density at radius 1 is 1.08 bits per heavy atom. The molecule has 0 aliphatic rings. The normalized spacial score (nSPS) is 11.3. The number of fused-ring (bicyclic) bond motifs is 3. The molecule has 0 radical (unpaired) electrons. The van der Waals surface area contributed by atoms with Crippen molar-refractivity contribution in [2.45, 2.75) is 6.92 Å². The molecular weight excluding hydrogens is 307 g/mol. The lowest BCUT2D eigenvalue weighted by molar-refractivity contribution is 0.415. The fourth-order valence-electron chi connectivity index (χ4n) is 3.05. The number of hydrogen-bond donors (Lipinski definition) is 1. The number of halogens is 1. The van der Waals surface area contributed by atoms with E-state index in [4.69, 9.17) is 10.5 Å². The van der Waals surface area contributed by atoms with Gasteiger partial charge in [0.05, 0.1) is 18.3 Å². The van der Waals surface area contributed by atoms with Crippen molar-refractivity contribution in [3.63, 3.8) is 0 Å². The first-order chi connectivity index (χ1) is 11.6. The van der Waals surface area contributed by atoms with Crippen LogP contribution in [0.3, 0.4) is 0 Å². The molecule has 0 saturated carbocycles. The van der Waals surface area contributed by atoms with Crippen LogP contribution < -0.4 is 10.5 Å². The highest BCUT2D eigenvalue weighted by Gasteiger charge is 2.17. The van der Waals surface area contributed by atoms with Crippen molar-refractivity contribution in [2.75, 3.05) is 12.8 Å². The molecule has 0 spiro atoms. The first-order valence-corrected chi connectivity index (χ1v) is 7.47. The maximum Gasteiger partial charge on any atom is 0.185 e. The first kappa shape index (κ1) is 14.4. The largest absolute Gasteiger partial charge is 0.497 e. The molecule has 0 amide bonds. The summed E-state index contributed by atoms with van der Waals surface area (Å²) >= 11 is 0. The van der Waals surface area contributed by atoms with Gasteiger partial charge < -0.3 is 10.5 Å². The summed E-state index contributed by atoms with van der Waals surface area (Å²) in [5, 5.41) is 9.23. The molecule has 6 heteroatoms. The minimum absolute atomic E-state index is 0.293. The number of methoxy groups -OCH3 is 1. The van der Waals surface area contributed by atoms with Gasteiger partial charge >= 0.3 is 0 Å². The van der Waals surface area contributed by atoms with Crippen molar-refractivity contribution in [1.82, 2.24) is 14.6 Å². The second-order valence-corrected chi connectivity index (χ2v) is 5.58. The maximum atomic E-state index is 13.3. The van der Waals surface area contributed by atoms with Gasteiger partial charge in [-0.05, 0) is 42.8 Å². The van der Waals surface area contributed by atoms with Crippen LogP contribution in [0, 0.1) is 12.7 Å². The van der Waals surface area contributed by atoms with Crippen LogP contribution in [0.5, 0.6) is 5.75 Å². The summed E-state index contributed by atoms with van der Waals surface area (Å²) < 4.78 is 20.6. The Balaban J connectivity index is 2.20. The number of nitrogen functional groups attached to an aromatic ring is 1. The Bertz CT molecular complexity index is 1070. The van der Waals surface area contributed by atoms with E-state index in [0.29, 0.717) is 11.3 Å². The molecule has 0 fully saturated rings. The predicted octanol–water partition coefficient (Wildman–Crippen LogP) is 3.59. The smallest absolute Gasteiger partial charge is 0.185 e. The highest BCUT2D eigenvalue weighted by Crippen LogP contribution is 2.38. The summed E-state index contributed by atoms with van der Waals surface area (Å²) in [6.07, 6.45) is 0. The monoisotopic (exact) mass is 322 g/mol. The molecule has 0 aliphatic carbocycles. The number of ether oxygens (including phenoxy) is 1. The third-order valence-electron chi connectivity index (χ3n) is 4.18. The highest BCUT2D eigenvalue weighted by molar-refractivity contribution is 6.05. The molecular formula is C18H15FN4O. The number of benzene rings is 2. The molecule has 2 heterocycles. The second-order valence-electron chi connectivity index (χ2n) is 5.58. The number of aromatic nitrogens is 3. The topological polar surface area (TPSA) is 65.4 Å². The van der Waals surface area contributed by atoms with Crippen molar-refractivity contribution in [1.29, 1.82) is 0 Å². The average Bonchev–Trinajstić information content (AvgIpc) is 2.98. The molecule has 0 aliphatic heterocycles. The minimum atomic E-state index is -0.293. The third-order valence-corrected chi connectivity index (χ3v) is 4.18. The average molecular weight is 322 g/mol. The predicted molar refractivity (Wildman–Crippen MR) is 91.6 cm³/mol. The van der Waals surface area contributed by atoms with Crippen molar-refractivity contribution in [3.05, 3.63) is 54.1 Å². The Labute approximate surface area is 137 Å². The van der Waals surface area contributed by atoms with Crippen LogP contribution in [-0.4, -0.2) is 21.7 Å². The summed E-state index contributed by atoms with van der Waals surface area (Å²) in [6, 6.07) is 12.0. The van der Waals surface area contributed by atoms with E-state index < -0.39 is 0 Å². The Morgan fingerprint density at radius 2 is 1.83 bits per heavy atom. The van der Waals surface area contributed by atoms with Crippen molar-refractivity contribution < 1.29 is 9.13 Å². The summed E-state index contributed by atoms with van der Waals surface area (Å²) in [7, 11) is 1.62. The lowest BCUT2D eigenvalue weighted by Gasteiger charge is -2.14. The van der Waals surface area contributed by atoms with E-state index >= 15 is 0 Å². The third kappa shape index (κ3) is 2.00.